The lowest BCUT2D eigenvalue weighted by Crippen LogP contribution is -2.27. The lowest BCUT2D eigenvalue weighted by molar-refractivity contribution is -0.139. The van der Waals surface area contributed by atoms with Crippen LogP contribution in [0.2, 0.25) is 0 Å². The monoisotopic (exact) mass is 370 g/mol. The van der Waals surface area contributed by atoms with E-state index in [1.54, 1.807) is 29.3 Å². The Labute approximate surface area is 160 Å². The third-order valence-electron chi connectivity index (χ3n) is 4.46. The Balaban J connectivity index is 2.60. The summed E-state index contributed by atoms with van der Waals surface area (Å²) in [4.78, 5) is 28.7. The topological polar surface area (TPSA) is 59.1 Å². The zero-order chi connectivity index (χ0) is 20.0. The summed E-state index contributed by atoms with van der Waals surface area (Å²) in [5, 5.41) is 0. The van der Waals surface area contributed by atoms with Crippen molar-refractivity contribution in [3.05, 3.63) is 59.5 Å². The van der Waals surface area contributed by atoms with E-state index >= 15 is 0 Å². The number of methoxy groups -OCH3 is 2. The lowest BCUT2D eigenvalue weighted by Gasteiger charge is -2.27. The average Bonchev–Trinajstić information content (AvgIpc) is 2.90. The van der Waals surface area contributed by atoms with Crippen LogP contribution in [0.1, 0.15) is 19.4 Å². The molecule has 0 N–H and O–H groups in total. The van der Waals surface area contributed by atoms with Gasteiger partial charge in [0.25, 0.3) is 0 Å². The van der Waals surface area contributed by atoms with Crippen LogP contribution >= 0.6 is 0 Å². The molecule has 0 radical (unpaired) electrons. The first-order chi connectivity index (χ1) is 13.0. The number of nitrogens with zero attached hydrogens (tertiary/aromatic N) is 2. The highest BCUT2D eigenvalue weighted by Gasteiger charge is 2.28. The zero-order valence-corrected chi connectivity index (χ0v) is 16.5. The molecule has 0 atom stereocenters. The Kier molecular flexibility index (Phi) is 6.82. The van der Waals surface area contributed by atoms with Crippen LogP contribution in [0.25, 0.3) is 0 Å². The van der Waals surface area contributed by atoms with Crippen LogP contribution in [0.15, 0.2) is 53.9 Å². The molecular formula is C21H26N2O4. The Morgan fingerprint density at radius 2 is 1.70 bits per heavy atom. The molecule has 1 heterocycles. The summed E-state index contributed by atoms with van der Waals surface area (Å²) in [7, 11) is 2.57. The molecule has 0 saturated heterocycles. The van der Waals surface area contributed by atoms with Gasteiger partial charge in [0.1, 0.15) is 5.70 Å². The van der Waals surface area contributed by atoms with E-state index in [1.165, 1.54) is 14.2 Å². The van der Waals surface area contributed by atoms with E-state index in [4.69, 9.17) is 9.47 Å². The first kappa shape index (κ1) is 20.3. The number of hydrogen-bond acceptors (Lipinski definition) is 6. The van der Waals surface area contributed by atoms with Gasteiger partial charge in [-0.1, -0.05) is 6.08 Å². The van der Waals surface area contributed by atoms with E-state index in [0.29, 0.717) is 0 Å². The summed E-state index contributed by atoms with van der Waals surface area (Å²) in [5.41, 5.74) is 3.12. The third-order valence-corrected chi connectivity index (χ3v) is 4.46. The molecule has 0 saturated carbocycles. The number of aryl methyl sites for hydroxylation is 1. The average molecular weight is 370 g/mol. The van der Waals surface area contributed by atoms with Gasteiger partial charge < -0.3 is 19.3 Å². The highest BCUT2D eigenvalue weighted by atomic mass is 16.5. The van der Waals surface area contributed by atoms with Crippen molar-refractivity contribution in [1.29, 1.82) is 0 Å². The molecule has 6 nitrogen and oxygen atoms in total. The molecule has 1 aliphatic rings. The molecule has 0 aliphatic carbocycles. The number of benzene rings is 1. The number of carbonyl (C=O) groups excluding carboxylic acids is 2. The van der Waals surface area contributed by atoms with E-state index in [-0.39, 0.29) is 11.3 Å². The maximum atomic E-state index is 12.5. The first-order valence-corrected chi connectivity index (χ1v) is 8.89. The number of ether oxygens (including phenoxy) is 2. The minimum atomic E-state index is -0.612. The van der Waals surface area contributed by atoms with Crippen LogP contribution in [0.4, 0.5) is 11.4 Å². The van der Waals surface area contributed by atoms with Crippen LogP contribution in [-0.2, 0) is 19.1 Å². The molecule has 27 heavy (non-hydrogen) atoms. The highest BCUT2D eigenvalue weighted by Crippen LogP contribution is 2.31. The number of carbonyl (C=O) groups is 2. The van der Waals surface area contributed by atoms with E-state index in [1.807, 2.05) is 19.1 Å². The molecular weight excluding hydrogens is 344 g/mol. The van der Waals surface area contributed by atoms with Crippen LogP contribution in [-0.4, -0.2) is 39.2 Å². The minimum absolute atomic E-state index is 0.119. The first-order valence-electron chi connectivity index (χ1n) is 8.89. The minimum Gasteiger partial charge on any atom is -0.465 e. The Hall–Kier alpha value is -3.02. The largest absolute Gasteiger partial charge is 0.465 e. The predicted octanol–water partition coefficient (Wildman–Crippen LogP) is 3.33. The Bertz CT molecular complexity index is 804. The molecule has 6 heteroatoms. The van der Waals surface area contributed by atoms with Crippen molar-refractivity contribution < 1.29 is 19.1 Å². The molecule has 144 valence electrons. The number of esters is 2. The summed E-state index contributed by atoms with van der Waals surface area (Å²) in [6, 6.07) is 6.02. The summed E-state index contributed by atoms with van der Waals surface area (Å²) < 4.78 is 9.78. The summed E-state index contributed by atoms with van der Waals surface area (Å²) in [6.07, 6.45) is 6.73. The maximum Gasteiger partial charge on any atom is 0.355 e. The van der Waals surface area contributed by atoms with Crippen molar-refractivity contribution in [3.63, 3.8) is 0 Å². The zero-order valence-electron chi connectivity index (χ0n) is 16.5. The van der Waals surface area contributed by atoms with Gasteiger partial charge in [-0.05, 0) is 56.7 Å². The van der Waals surface area contributed by atoms with Gasteiger partial charge in [-0.15, -0.1) is 0 Å². The summed E-state index contributed by atoms with van der Waals surface area (Å²) in [6.45, 7) is 8.00. The number of rotatable bonds is 6. The molecule has 1 aliphatic heterocycles. The molecule has 1 aromatic rings. The molecule has 0 bridgehead atoms. The standard InChI is InChI=1S/C21H26N2O4/c1-6-22(7-2)16-11-12-18(15(3)14-16)23-13-9-8-10-17(20(24)26-4)19(23)21(25)27-5/h8-14H,6-7H2,1-5H3. The maximum absolute atomic E-state index is 12.5. The van der Waals surface area contributed by atoms with Gasteiger partial charge in [0, 0.05) is 30.7 Å². The van der Waals surface area contributed by atoms with Crippen molar-refractivity contribution in [2.75, 3.05) is 37.1 Å². The Morgan fingerprint density at radius 1 is 1.04 bits per heavy atom. The van der Waals surface area contributed by atoms with E-state index in [2.05, 4.69) is 24.8 Å². The molecule has 0 spiro atoms. The fourth-order valence-corrected chi connectivity index (χ4v) is 3.05. The number of hydrogen-bond donors (Lipinski definition) is 0. The summed E-state index contributed by atoms with van der Waals surface area (Å²) in [5.74, 6) is -1.21. The predicted molar refractivity (Wildman–Crippen MR) is 107 cm³/mol. The van der Waals surface area contributed by atoms with Crippen molar-refractivity contribution in [3.8, 4) is 0 Å². The molecule has 0 amide bonds. The Morgan fingerprint density at radius 3 is 2.26 bits per heavy atom. The highest BCUT2D eigenvalue weighted by molar-refractivity contribution is 6.05. The SMILES string of the molecule is CCN(CC)c1ccc(N2C=CC=CC(C(=O)OC)=C2C(=O)OC)c(C)c1. The van der Waals surface area contributed by atoms with Gasteiger partial charge >= 0.3 is 11.9 Å². The quantitative estimate of drug-likeness (QED) is 0.716. The second-order valence-electron chi connectivity index (χ2n) is 5.96. The van der Waals surface area contributed by atoms with Crippen LogP contribution in [0.5, 0.6) is 0 Å². The van der Waals surface area contributed by atoms with E-state index < -0.39 is 11.9 Å². The molecule has 0 fully saturated rings. The van der Waals surface area contributed by atoms with Gasteiger partial charge in [-0.25, -0.2) is 9.59 Å². The fraction of sp³-hybridized carbons (Fsp3) is 0.333. The van der Waals surface area contributed by atoms with Crippen molar-refractivity contribution in [2.24, 2.45) is 0 Å². The van der Waals surface area contributed by atoms with E-state index in [9.17, 15) is 9.59 Å². The van der Waals surface area contributed by atoms with Gasteiger partial charge in [0.2, 0.25) is 0 Å². The van der Waals surface area contributed by atoms with Gasteiger partial charge in [-0.3, -0.25) is 0 Å². The van der Waals surface area contributed by atoms with Crippen molar-refractivity contribution >= 4 is 23.3 Å². The molecule has 2 rings (SSSR count). The van der Waals surface area contributed by atoms with Crippen LogP contribution in [0, 0.1) is 6.92 Å². The van der Waals surface area contributed by atoms with Gasteiger partial charge in [0.15, 0.2) is 0 Å². The molecule has 0 aromatic heterocycles. The van der Waals surface area contributed by atoms with Gasteiger partial charge in [-0.2, -0.15) is 0 Å². The summed E-state index contributed by atoms with van der Waals surface area (Å²) >= 11 is 0. The second kappa shape index (κ2) is 9.07. The number of allylic oxidation sites excluding steroid dienone is 2. The number of anilines is 2. The van der Waals surface area contributed by atoms with Gasteiger partial charge in [0.05, 0.1) is 19.8 Å². The molecule has 0 unspecified atom stereocenters. The third kappa shape index (κ3) is 4.22. The smallest absolute Gasteiger partial charge is 0.355 e. The van der Waals surface area contributed by atoms with Crippen molar-refractivity contribution in [1.82, 2.24) is 0 Å². The lowest BCUT2D eigenvalue weighted by atomic mass is 10.1. The second-order valence-corrected chi connectivity index (χ2v) is 5.96. The van der Waals surface area contributed by atoms with Crippen molar-refractivity contribution in [2.45, 2.75) is 20.8 Å². The van der Waals surface area contributed by atoms with E-state index in [0.717, 1.165) is 30.0 Å². The normalized spacial score (nSPS) is 13.4. The van der Waals surface area contributed by atoms with Crippen LogP contribution < -0.4 is 9.80 Å². The molecule has 1 aromatic carbocycles. The van der Waals surface area contributed by atoms with Crippen LogP contribution in [0.3, 0.4) is 0 Å². The fourth-order valence-electron chi connectivity index (χ4n) is 3.05.